The fourth-order valence-electron chi connectivity index (χ4n) is 2.59. The predicted molar refractivity (Wildman–Crippen MR) is 82.0 cm³/mol. The van der Waals surface area contributed by atoms with E-state index in [1.807, 2.05) is 24.0 Å². The van der Waals surface area contributed by atoms with Crippen LogP contribution in [0.15, 0.2) is 47.7 Å². The number of hydrogen-bond acceptors (Lipinski definition) is 4. The van der Waals surface area contributed by atoms with Gasteiger partial charge >= 0.3 is 0 Å². The first-order chi connectivity index (χ1) is 10.0. The zero-order valence-corrected chi connectivity index (χ0v) is 12.2. The van der Waals surface area contributed by atoms with Gasteiger partial charge in [-0.2, -0.15) is 0 Å². The lowest BCUT2D eigenvalue weighted by atomic mass is 9.92. The molecule has 1 aromatic heterocycles. The van der Waals surface area contributed by atoms with Gasteiger partial charge in [-0.15, -0.1) is 0 Å². The molecule has 2 aromatic rings. The quantitative estimate of drug-likeness (QED) is 0.928. The van der Waals surface area contributed by atoms with Gasteiger partial charge in [-0.25, -0.2) is 4.39 Å². The van der Waals surface area contributed by atoms with Gasteiger partial charge in [0.25, 0.3) is 0 Å². The summed E-state index contributed by atoms with van der Waals surface area (Å²) in [5.41, 5.74) is 6.96. The number of halogens is 2. The van der Waals surface area contributed by atoms with Crippen LogP contribution >= 0.6 is 11.6 Å². The lowest BCUT2D eigenvalue weighted by Crippen LogP contribution is -2.47. The van der Waals surface area contributed by atoms with E-state index in [0.29, 0.717) is 23.1 Å². The smallest absolute Gasteiger partial charge is 0.196 e. The van der Waals surface area contributed by atoms with E-state index in [-0.39, 0.29) is 5.82 Å². The summed E-state index contributed by atoms with van der Waals surface area (Å²) in [4.78, 5) is 10.1. The van der Waals surface area contributed by atoms with Crippen molar-refractivity contribution in [2.45, 2.75) is 12.5 Å². The number of aliphatic imine (C=N–C) groups is 1. The molecule has 0 radical (unpaired) electrons. The van der Waals surface area contributed by atoms with Crippen LogP contribution in [0.25, 0.3) is 0 Å². The third kappa shape index (κ3) is 2.34. The Labute approximate surface area is 127 Å². The second kappa shape index (κ2) is 5.00. The molecule has 21 heavy (non-hydrogen) atoms. The van der Waals surface area contributed by atoms with Crippen molar-refractivity contribution in [1.29, 1.82) is 0 Å². The van der Waals surface area contributed by atoms with Crippen molar-refractivity contribution in [3.63, 3.8) is 0 Å². The minimum absolute atomic E-state index is 0.379. The molecular formula is C15H14ClFN4. The average Bonchev–Trinajstić information content (AvgIpc) is 2.76. The highest BCUT2D eigenvalue weighted by atomic mass is 35.5. The first-order valence-electron chi connectivity index (χ1n) is 6.47. The molecule has 0 bridgehead atoms. The third-order valence-corrected chi connectivity index (χ3v) is 3.90. The topological polar surface area (TPSA) is 54.5 Å². The Hall–Kier alpha value is -2.14. The number of hydrogen-bond donors (Lipinski definition) is 1. The Kier molecular flexibility index (Phi) is 3.29. The highest BCUT2D eigenvalue weighted by molar-refractivity contribution is 6.31. The number of benzene rings is 1. The standard InChI is InChI=1S/C15H14ClFN4/c1-15(10-5-12(17)8-19-7-10)9-20-14(18)21(15)13-4-2-3-11(16)6-13/h2-8H,9H2,1H3,(H2,18,20). The maximum atomic E-state index is 13.5. The fraction of sp³-hybridized carbons (Fsp3) is 0.200. The summed E-state index contributed by atoms with van der Waals surface area (Å²) >= 11 is 6.06. The van der Waals surface area contributed by atoms with E-state index in [4.69, 9.17) is 17.3 Å². The van der Waals surface area contributed by atoms with Crippen LogP contribution in [0, 0.1) is 5.82 Å². The van der Waals surface area contributed by atoms with Crippen molar-refractivity contribution in [1.82, 2.24) is 4.98 Å². The van der Waals surface area contributed by atoms with Crippen LogP contribution in [0.5, 0.6) is 0 Å². The number of pyridine rings is 1. The van der Waals surface area contributed by atoms with Crippen LogP contribution in [0.1, 0.15) is 12.5 Å². The number of rotatable bonds is 2. The Morgan fingerprint density at radius 2 is 2.14 bits per heavy atom. The van der Waals surface area contributed by atoms with E-state index in [9.17, 15) is 4.39 Å². The molecule has 1 unspecified atom stereocenters. The molecule has 1 aliphatic rings. The van der Waals surface area contributed by atoms with Crippen LogP contribution in [0.2, 0.25) is 5.02 Å². The largest absolute Gasteiger partial charge is 0.369 e. The molecule has 1 aliphatic heterocycles. The number of nitrogens with zero attached hydrogens (tertiary/aromatic N) is 3. The van der Waals surface area contributed by atoms with E-state index >= 15 is 0 Å². The maximum absolute atomic E-state index is 13.5. The summed E-state index contributed by atoms with van der Waals surface area (Å²) in [5.74, 6) is -0.00531. The van der Waals surface area contributed by atoms with Crippen molar-refractivity contribution in [3.8, 4) is 0 Å². The Morgan fingerprint density at radius 3 is 2.86 bits per heavy atom. The SMILES string of the molecule is CC1(c2cncc(F)c2)CN=C(N)N1c1cccc(Cl)c1. The molecule has 1 aromatic carbocycles. The van der Waals surface area contributed by atoms with E-state index in [1.165, 1.54) is 12.3 Å². The third-order valence-electron chi connectivity index (χ3n) is 3.66. The van der Waals surface area contributed by atoms with E-state index in [1.54, 1.807) is 18.3 Å². The number of guanidine groups is 1. The molecule has 108 valence electrons. The van der Waals surface area contributed by atoms with E-state index < -0.39 is 5.54 Å². The summed E-state index contributed by atoms with van der Waals surface area (Å²) in [7, 11) is 0. The van der Waals surface area contributed by atoms with Crippen molar-refractivity contribution in [2.24, 2.45) is 10.7 Å². The predicted octanol–water partition coefficient (Wildman–Crippen LogP) is 2.92. The molecule has 0 fully saturated rings. The minimum atomic E-state index is -0.593. The number of aromatic nitrogens is 1. The second-order valence-electron chi connectivity index (χ2n) is 5.16. The molecule has 2 heterocycles. The van der Waals surface area contributed by atoms with Crippen molar-refractivity contribution in [2.75, 3.05) is 11.4 Å². The first-order valence-corrected chi connectivity index (χ1v) is 6.85. The zero-order chi connectivity index (χ0) is 15.0. The summed E-state index contributed by atoms with van der Waals surface area (Å²) < 4.78 is 13.5. The molecule has 0 amide bonds. The Morgan fingerprint density at radius 1 is 1.33 bits per heavy atom. The maximum Gasteiger partial charge on any atom is 0.196 e. The van der Waals surface area contributed by atoms with Gasteiger partial charge in [0.05, 0.1) is 18.3 Å². The molecule has 0 saturated heterocycles. The molecular weight excluding hydrogens is 291 g/mol. The van der Waals surface area contributed by atoms with Crippen LogP contribution in [-0.4, -0.2) is 17.5 Å². The lowest BCUT2D eigenvalue weighted by Gasteiger charge is -2.36. The molecule has 4 nitrogen and oxygen atoms in total. The van der Waals surface area contributed by atoms with Gasteiger partial charge in [-0.05, 0) is 31.2 Å². The highest BCUT2D eigenvalue weighted by Gasteiger charge is 2.41. The summed E-state index contributed by atoms with van der Waals surface area (Å²) in [6, 6.07) is 8.78. The molecule has 0 aliphatic carbocycles. The van der Waals surface area contributed by atoms with Gasteiger partial charge in [0.1, 0.15) is 5.82 Å². The summed E-state index contributed by atoms with van der Waals surface area (Å²) in [6.07, 6.45) is 2.81. The van der Waals surface area contributed by atoms with Crippen LogP contribution in [0.3, 0.4) is 0 Å². The average molecular weight is 305 g/mol. The van der Waals surface area contributed by atoms with Crippen molar-refractivity contribution in [3.05, 3.63) is 59.1 Å². The molecule has 6 heteroatoms. The zero-order valence-electron chi connectivity index (χ0n) is 11.4. The molecule has 0 spiro atoms. The second-order valence-corrected chi connectivity index (χ2v) is 5.59. The normalized spacial score (nSPS) is 21.5. The number of anilines is 1. The molecule has 3 rings (SSSR count). The van der Waals surface area contributed by atoms with Crippen molar-refractivity contribution < 1.29 is 4.39 Å². The van der Waals surface area contributed by atoms with Crippen LogP contribution in [-0.2, 0) is 5.54 Å². The highest BCUT2D eigenvalue weighted by Crippen LogP contribution is 2.37. The van der Waals surface area contributed by atoms with Gasteiger partial charge in [-0.3, -0.25) is 9.98 Å². The Balaban J connectivity index is 2.10. The van der Waals surface area contributed by atoms with E-state index in [2.05, 4.69) is 9.98 Å². The lowest BCUT2D eigenvalue weighted by molar-refractivity contribution is 0.521. The van der Waals surface area contributed by atoms with Crippen LogP contribution < -0.4 is 10.6 Å². The summed E-state index contributed by atoms with van der Waals surface area (Å²) in [6.45, 7) is 2.38. The monoisotopic (exact) mass is 304 g/mol. The molecule has 2 N–H and O–H groups in total. The van der Waals surface area contributed by atoms with E-state index in [0.717, 1.165) is 5.69 Å². The van der Waals surface area contributed by atoms with Crippen molar-refractivity contribution >= 4 is 23.2 Å². The van der Waals surface area contributed by atoms with Gasteiger partial charge in [0.15, 0.2) is 5.96 Å². The van der Waals surface area contributed by atoms with Gasteiger partial charge in [0, 0.05) is 22.5 Å². The number of nitrogens with two attached hydrogens (primary N) is 1. The van der Waals surface area contributed by atoms with Gasteiger partial charge < -0.3 is 10.6 Å². The summed E-state index contributed by atoms with van der Waals surface area (Å²) in [5, 5.41) is 0.604. The van der Waals surface area contributed by atoms with Crippen LogP contribution in [0.4, 0.5) is 10.1 Å². The fourth-order valence-corrected chi connectivity index (χ4v) is 2.77. The first kappa shape index (κ1) is 13.8. The van der Waals surface area contributed by atoms with Gasteiger partial charge in [-0.1, -0.05) is 17.7 Å². The van der Waals surface area contributed by atoms with Gasteiger partial charge in [0.2, 0.25) is 0 Å². The Bertz CT molecular complexity index is 718. The molecule has 1 atom stereocenters. The minimum Gasteiger partial charge on any atom is -0.369 e. The molecule has 0 saturated carbocycles.